The summed E-state index contributed by atoms with van der Waals surface area (Å²) in [4.78, 5) is 17.8. The number of ether oxygens (including phenoxy) is 2. The van der Waals surface area contributed by atoms with Crippen LogP contribution in [0.15, 0.2) is 41.8 Å². The lowest BCUT2D eigenvalue weighted by molar-refractivity contribution is 0.0317. The fraction of sp³-hybridized carbons (Fsp3) is 0.364. The quantitative estimate of drug-likeness (QED) is 0.426. The SMILES string of the molecule is Cc1cc(C=NNc2cc(-c3ccncc3)nc(OCCN3CCOCC3)n2)sc1C. The Kier molecular flexibility index (Phi) is 7.18. The molecule has 0 bridgehead atoms. The first-order valence-electron chi connectivity index (χ1n) is 10.3. The van der Waals surface area contributed by atoms with Gasteiger partial charge in [-0.1, -0.05) is 0 Å². The molecular weight excluding hydrogens is 412 g/mol. The summed E-state index contributed by atoms with van der Waals surface area (Å²) in [6.07, 6.45) is 5.28. The van der Waals surface area contributed by atoms with E-state index in [-0.39, 0.29) is 0 Å². The molecule has 0 saturated carbocycles. The molecule has 1 saturated heterocycles. The zero-order valence-corrected chi connectivity index (χ0v) is 18.6. The van der Waals surface area contributed by atoms with Gasteiger partial charge in [0.2, 0.25) is 0 Å². The van der Waals surface area contributed by atoms with Crippen molar-refractivity contribution < 1.29 is 9.47 Å². The molecule has 0 aromatic carbocycles. The Balaban J connectivity index is 1.47. The molecule has 9 heteroatoms. The average molecular weight is 439 g/mol. The van der Waals surface area contributed by atoms with E-state index in [4.69, 9.17) is 9.47 Å². The number of hydrogen-bond donors (Lipinski definition) is 1. The summed E-state index contributed by atoms with van der Waals surface area (Å²) in [5.41, 5.74) is 5.97. The molecule has 8 nitrogen and oxygen atoms in total. The second kappa shape index (κ2) is 10.4. The Labute approximate surface area is 186 Å². The molecule has 0 amide bonds. The van der Waals surface area contributed by atoms with Gasteiger partial charge in [0, 0.05) is 53.4 Å². The molecule has 31 heavy (non-hydrogen) atoms. The van der Waals surface area contributed by atoms with E-state index in [1.807, 2.05) is 18.2 Å². The number of pyridine rings is 1. The van der Waals surface area contributed by atoms with Crippen molar-refractivity contribution in [2.24, 2.45) is 5.10 Å². The lowest BCUT2D eigenvalue weighted by atomic mass is 10.2. The fourth-order valence-electron chi connectivity index (χ4n) is 3.14. The molecule has 0 atom stereocenters. The van der Waals surface area contributed by atoms with Gasteiger partial charge in [-0.25, -0.2) is 0 Å². The van der Waals surface area contributed by atoms with Gasteiger partial charge in [0.15, 0.2) is 5.82 Å². The summed E-state index contributed by atoms with van der Waals surface area (Å²) in [5.74, 6) is 0.574. The number of nitrogens with zero attached hydrogens (tertiary/aromatic N) is 5. The predicted octanol–water partition coefficient (Wildman–Crippen LogP) is 3.37. The van der Waals surface area contributed by atoms with Crippen LogP contribution in [0.1, 0.15) is 15.3 Å². The van der Waals surface area contributed by atoms with Crippen LogP contribution < -0.4 is 10.2 Å². The Bertz CT molecular complexity index is 999. The largest absolute Gasteiger partial charge is 0.462 e. The van der Waals surface area contributed by atoms with E-state index in [0.717, 1.165) is 49.0 Å². The van der Waals surface area contributed by atoms with Crippen molar-refractivity contribution in [2.45, 2.75) is 13.8 Å². The summed E-state index contributed by atoms with van der Waals surface area (Å²) >= 11 is 1.71. The molecule has 3 aromatic rings. The van der Waals surface area contributed by atoms with Gasteiger partial charge in [-0.2, -0.15) is 15.1 Å². The lowest BCUT2D eigenvalue weighted by Gasteiger charge is -2.26. The Morgan fingerprint density at radius 1 is 1.19 bits per heavy atom. The monoisotopic (exact) mass is 438 g/mol. The van der Waals surface area contributed by atoms with Crippen LogP contribution in [-0.2, 0) is 4.74 Å². The van der Waals surface area contributed by atoms with Crippen molar-refractivity contribution in [1.29, 1.82) is 0 Å². The molecule has 0 aliphatic carbocycles. The standard InChI is InChI=1S/C22H26N6O2S/c1-16-13-19(31-17(16)2)15-24-27-21-14-20(18-3-5-23-6-4-18)25-22(26-21)30-12-9-28-7-10-29-11-8-28/h3-6,13-15H,7-12H2,1-2H3,(H,25,26,27). The maximum absolute atomic E-state index is 5.89. The van der Waals surface area contributed by atoms with Gasteiger partial charge in [-0.15, -0.1) is 11.3 Å². The van der Waals surface area contributed by atoms with E-state index >= 15 is 0 Å². The number of morpholine rings is 1. The Morgan fingerprint density at radius 3 is 2.74 bits per heavy atom. The lowest BCUT2D eigenvalue weighted by Crippen LogP contribution is -2.38. The number of rotatable bonds is 8. The van der Waals surface area contributed by atoms with Gasteiger partial charge in [0.1, 0.15) is 6.61 Å². The maximum atomic E-state index is 5.89. The van der Waals surface area contributed by atoms with Crippen LogP contribution in [0.4, 0.5) is 5.82 Å². The van der Waals surface area contributed by atoms with E-state index in [1.165, 1.54) is 10.4 Å². The van der Waals surface area contributed by atoms with Crippen LogP contribution in [-0.4, -0.2) is 65.5 Å². The van der Waals surface area contributed by atoms with Gasteiger partial charge < -0.3 is 9.47 Å². The van der Waals surface area contributed by atoms with E-state index in [2.05, 4.69) is 50.3 Å². The number of hydrazone groups is 1. The summed E-state index contributed by atoms with van der Waals surface area (Å²) in [5, 5.41) is 4.35. The summed E-state index contributed by atoms with van der Waals surface area (Å²) in [7, 11) is 0. The summed E-state index contributed by atoms with van der Waals surface area (Å²) < 4.78 is 11.3. The Morgan fingerprint density at radius 2 is 2.00 bits per heavy atom. The third-order valence-corrected chi connectivity index (χ3v) is 6.07. The van der Waals surface area contributed by atoms with Gasteiger partial charge in [0.25, 0.3) is 0 Å². The van der Waals surface area contributed by atoms with Crippen LogP contribution >= 0.6 is 11.3 Å². The van der Waals surface area contributed by atoms with Gasteiger partial charge in [0.05, 0.1) is 25.1 Å². The van der Waals surface area contributed by atoms with Crippen molar-refractivity contribution in [2.75, 3.05) is 44.9 Å². The van der Waals surface area contributed by atoms with Crippen molar-refractivity contribution in [3.63, 3.8) is 0 Å². The molecular formula is C22H26N6O2S. The minimum atomic E-state index is 0.322. The molecule has 0 spiro atoms. The van der Waals surface area contributed by atoms with Crippen LogP contribution in [0.3, 0.4) is 0 Å². The topological polar surface area (TPSA) is 84.8 Å². The van der Waals surface area contributed by atoms with Gasteiger partial charge >= 0.3 is 6.01 Å². The van der Waals surface area contributed by atoms with Crippen molar-refractivity contribution in [3.05, 3.63) is 52.0 Å². The smallest absolute Gasteiger partial charge is 0.319 e. The molecule has 1 aliphatic heterocycles. The van der Waals surface area contributed by atoms with Crippen LogP contribution in [0.25, 0.3) is 11.3 Å². The fourth-order valence-corrected chi connectivity index (χ4v) is 4.05. The number of aromatic nitrogens is 3. The van der Waals surface area contributed by atoms with E-state index in [1.54, 1.807) is 29.9 Å². The second-order valence-electron chi connectivity index (χ2n) is 7.22. The van der Waals surface area contributed by atoms with Crippen molar-refractivity contribution >= 4 is 23.4 Å². The molecule has 1 N–H and O–H groups in total. The molecule has 4 heterocycles. The normalized spacial score (nSPS) is 14.8. The van der Waals surface area contributed by atoms with Crippen LogP contribution in [0.2, 0.25) is 0 Å². The first-order chi connectivity index (χ1) is 15.2. The maximum Gasteiger partial charge on any atom is 0.319 e. The summed E-state index contributed by atoms with van der Waals surface area (Å²) in [6, 6.07) is 8.11. The zero-order chi connectivity index (χ0) is 21.5. The van der Waals surface area contributed by atoms with Gasteiger partial charge in [-0.05, 0) is 37.6 Å². The third kappa shape index (κ3) is 6.06. The molecule has 0 radical (unpaired) electrons. The highest BCUT2D eigenvalue weighted by atomic mass is 32.1. The average Bonchev–Trinajstić information content (AvgIpc) is 3.12. The zero-order valence-electron chi connectivity index (χ0n) is 17.7. The minimum Gasteiger partial charge on any atom is -0.462 e. The van der Waals surface area contributed by atoms with Gasteiger partial charge in [-0.3, -0.25) is 15.3 Å². The first-order valence-corrected chi connectivity index (χ1v) is 11.1. The Hall–Kier alpha value is -2.88. The van der Waals surface area contributed by atoms with E-state index in [0.29, 0.717) is 18.4 Å². The predicted molar refractivity (Wildman–Crippen MR) is 123 cm³/mol. The van der Waals surface area contributed by atoms with Crippen molar-refractivity contribution in [1.82, 2.24) is 19.9 Å². The highest BCUT2D eigenvalue weighted by Gasteiger charge is 2.12. The van der Waals surface area contributed by atoms with Crippen LogP contribution in [0.5, 0.6) is 6.01 Å². The van der Waals surface area contributed by atoms with Crippen LogP contribution in [0, 0.1) is 13.8 Å². The van der Waals surface area contributed by atoms with E-state index in [9.17, 15) is 0 Å². The number of thiophene rings is 1. The highest BCUT2D eigenvalue weighted by Crippen LogP contribution is 2.22. The number of nitrogens with one attached hydrogen (secondary N) is 1. The highest BCUT2D eigenvalue weighted by molar-refractivity contribution is 7.13. The third-order valence-electron chi connectivity index (χ3n) is 4.98. The first kappa shape index (κ1) is 21.4. The molecule has 0 unspecified atom stereocenters. The minimum absolute atomic E-state index is 0.322. The molecule has 162 valence electrons. The molecule has 4 rings (SSSR count). The second-order valence-corrected chi connectivity index (χ2v) is 8.51. The van der Waals surface area contributed by atoms with Crippen molar-refractivity contribution in [3.8, 4) is 17.3 Å². The molecule has 1 aliphatic rings. The number of hydrogen-bond acceptors (Lipinski definition) is 9. The number of aryl methyl sites for hydroxylation is 2. The molecule has 3 aromatic heterocycles. The molecule has 1 fully saturated rings. The summed E-state index contributed by atoms with van der Waals surface area (Å²) in [6.45, 7) is 8.90. The number of anilines is 1. The van der Waals surface area contributed by atoms with E-state index < -0.39 is 0 Å².